The molecule has 57 heavy (non-hydrogen) atoms. The van der Waals surface area contributed by atoms with Crippen molar-refractivity contribution in [3.8, 4) is 11.6 Å². The van der Waals surface area contributed by atoms with Crippen LogP contribution in [0.4, 0.5) is 13.6 Å². The van der Waals surface area contributed by atoms with Crippen LogP contribution in [0, 0.1) is 17.6 Å². The molecular weight excluding hydrogens is 825 g/mol. The number of hydrogen-bond acceptors (Lipinski definition) is 8. The summed E-state index contributed by atoms with van der Waals surface area (Å²) in [5, 5.41) is 4.72. The third-order valence-electron chi connectivity index (χ3n) is 11.8. The Hall–Kier alpha value is -3.81. The monoisotopic (exact) mass is 874 g/mol. The zero-order valence-electron chi connectivity index (χ0n) is 32.0. The van der Waals surface area contributed by atoms with Gasteiger partial charge < -0.3 is 34.6 Å². The molecule has 3 N–H and O–H groups in total. The van der Waals surface area contributed by atoms with Gasteiger partial charge in [0.1, 0.15) is 47.0 Å². The summed E-state index contributed by atoms with van der Waals surface area (Å²) in [6.07, 6.45) is 5.78. The lowest BCUT2D eigenvalue weighted by molar-refractivity contribution is -0.140. The molecule has 4 fully saturated rings. The number of fused-ring (bicyclic) bond motifs is 3. The SMILES string of the molecule is CCOc1cc(O[C@@H]2C[C@H]3C(=O)N[C@]4(P(=O)(O)Cc5c(F)cccc5F)C[C@H]4CCCCCCC[C@H](NC(=O)OC4CCCC4)C(=O)N3C2)c2cccc(Br)c2n1. The number of nitrogens with one attached hydrogen (secondary N) is 2. The summed E-state index contributed by atoms with van der Waals surface area (Å²) in [6, 6.07) is 8.27. The minimum atomic E-state index is -4.51. The fourth-order valence-corrected chi connectivity index (χ4v) is 11.7. The molecular formula is C41H50BrF2N4O8P. The molecule has 0 bridgehead atoms. The Balaban J connectivity index is 1.21. The van der Waals surface area contributed by atoms with E-state index in [1.54, 1.807) is 6.07 Å². The highest BCUT2D eigenvalue weighted by atomic mass is 79.9. The van der Waals surface area contributed by atoms with Gasteiger partial charge in [0.25, 0.3) is 0 Å². The van der Waals surface area contributed by atoms with Crippen LogP contribution in [0.1, 0.15) is 96.0 Å². The Labute approximate surface area is 339 Å². The Bertz CT molecular complexity index is 2020. The normalized spacial score (nSPS) is 27.0. The van der Waals surface area contributed by atoms with Crippen molar-refractivity contribution in [3.05, 3.63) is 64.1 Å². The number of rotatable bonds is 9. The van der Waals surface area contributed by atoms with Crippen LogP contribution in [-0.2, 0) is 25.1 Å². The fourth-order valence-electron chi connectivity index (χ4n) is 8.76. The number of pyridine rings is 1. The summed E-state index contributed by atoms with van der Waals surface area (Å²) in [4.78, 5) is 60.2. The maximum Gasteiger partial charge on any atom is 0.408 e. The molecule has 1 unspecified atom stereocenters. The van der Waals surface area contributed by atoms with Gasteiger partial charge in [-0.05, 0) is 98.0 Å². The molecule has 1 aromatic heterocycles. The van der Waals surface area contributed by atoms with Crippen LogP contribution in [0.3, 0.4) is 0 Å². The molecule has 3 amide bonds. The van der Waals surface area contributed by atoms with E-state index in [1.165, 1.54) is 11.0 Å². The molecule has 2 aliphatic heterocycles. The van der Waals surface area contributed by atoms with E-state index in [-0.39, 0.29) is 25.5 Å². The van der Waals surface area contributed by atoms with Crippen LogP contribution in [0.25, 0.3) is 10.9 Å². The first-order chi connectivity index (χ1) is 27.4. The number of halogens is 3. The second-order valence-corrected chi connectivity index (χ2v) is 19.1. The molecule has 3 aromatic rings. The van der Waals surface area contributed by atoms with Crippen molar-refractivity contribution < 1.29 is 46.8 Å². The van der Waals surface area contributed by atoms with Gasteiger partial charge in [-0.1, -0.05) is 44.2 Å². The molecule has 0 radical (unpaired) electrons. The second kappa shape index (κ2) is 17.6. The number of carbonyl (C=O) groups is 3. The van der Waals surface area contributed by atoms with Gasteiger partial charge in [-0.25, -0.2) is 18.6 Å². The van der Waals surface area contributed by atoms with Gasteiger partial charge in [0.15, 0.2) is 0 Å². The average molecular weight is 876 g/mol. The van der Waals surface area contributed by atoms with E-state index in [0.29, 0.717) is 52.9 Å². The quantitative estimate of drug-likeness (QED) is 0.181. The van der Waals surface area contributed by atoms with Gasteiger partial charge >= 0.3 is 6.09 Å². The first-order valence-electron chi connectivity index (χ1n) is 20.1. The molecule has 12 nitrogen and oxygen atoms in total. The highest BCUT2D eigenvalue weighted by Crippen LogP contribution is 2.71. The van der Waals surface area contributed by atoms with Crippen LogP contribution in [0.5, 0.6) is 11.6 Å². The second-order valence-electron chi connectivity index (χ2n) is 15.7. The lowest BCUT2D eigenvalue weighted by atomic mass is 10.0. The van der Waals surface area contributed by atoms with Crippen LogP contribution in [0.2, 0.25) is 0 Å². The van der Waals surface area contributed by atoms with Crippen LogP contribution >= 0.6 is 23.3 Å². The van der Waals surface area contributed by atoms with Crippen LogP contribution < -0.4 is 20.1 Å². The summed E-state index contributed by atoms with van der Waals surface area (Å²) in [5.41, 5.74) is 0.0810. The standard InChI is InChI=1S/C41H50BrF2N4O8P/c1-2-54-36-21-35(28-15-10-16-30(42)37(28)46-36)55-27-20-34-38(49)47-41(57(52,53)24-29-31(43)17-11-18-32(29)44)22-25(41)12-6-4-3-5-7-19-33(39(50)48(34)23-27)45-40(51)56-26-13-8-9-14-26/h10-11,15-18,21,25-27,33-34H,2-9,12-14,19-20,22-24H2,1H3,(H,45,51)(H,47,49)(H,52,53)/t25-,27-,33+,34+,41+/m1/s1. The lowest BCUT2D eigenvalue weighted by Gasteiger charge is -2.31. The van der Waals surface area contributed by atoms with Gasteiger partial charge in [-0.3, -0.25) is 14.2 Å². The highest BCUT2D eigenvalue weighted by Gasteiger charge is 2.66. The van der Waals surface area contributed by atoms with Crippen LogP contribution in [-0.4, -0.2) is 75.4 Å². The molecule has 2 saturated carbocycles. The summed E-state index contributed by atoms with van der Waals surface area (Å²) in [7, 11) is -4.51. The molecule has 4 aliphatic rings. The van der Waals surface area contributed by atoms with E-state index in [0.717, 1.165) is 63.5 Å². The van der Waals surface area contributed by atoms with E-state index in [9.17, 15) is 32.6 Å². The van der Waals surface area contributed by atoms with Gasteiger partial charge in [-0.2, -0.15) is 0 Å². The number of hydrogen-bond donors (Lipinski definition) is 3. The number of benzene rings is 2. The van der Waals surface area contributed by atoms with Gasteiger partial charge in [0.05, 0.1) is 24.8 Å². The van der Waals surface area contributed by atoms with Crippen molar-refractivity contribution >= 4 is 52.1 Å². The van der Waals surface area contributed by atoms with E-state index in [2.05, 4.69) is 31.5 Å². The Morgan fingerprint density at radius 2 is 1.70 bits per heavy atom. The van der Waals surface area contributed by atoms with E-state index in [1.807, 2.05) is 25.1 Å². The fraction of sp³-hybridized carbons (Fsp3) is 0.561. The van der Waals surface area contributed by atoms with Crippen molar-refractivity contribution in [1.29, 1.82) is 0 Å². The first-order valence-corrected chi connectivity index (χ1v) is 22.8. The third kappa shape index (κ3) is 9.10. The van der Waals surface area contributed by atoms with Crippen molar-refractivity contribution in [2.45, 2.75) is 126 Å². The van der Waals surface area contributed by atoms with Crippen LogP contribution in [0.15, 0.2) is 46.9 Å². The molecule has 2 saturated heterocycles. The minimum Gasteiger partial charge on any atom is -0.488 e. The predicted molar refractivity (Wildman–Crippen MR) is 212 cm³/mol. The molecule has 0 spiro atoms. The van der Waals surface area contributed by atoms with Crippen molar-refractivity contribution in [2.24, 2.45) is 5.92 Å². The molecule has 6 atom stereocenters. The molecule has 3 heterocycles. The number of carbonyl (C=O) groups excluding carboxylic acids is 3. The predicted octanol–water partition coefficient (Wildman–Crippen LogP) is 8.11. The first kappa shape index (κ1) is 41.4. The smallest absolute Gasteiger partial charge is 0.408 e. The maximum atomic E-state index is 14.8. The highest BCUT2D eigenvalue weighted by molar-refractivity contribution is 9.10. The van der Waals surface area contributed by atoms with Gasteiger partial charge in [0.2, 0.25) is 25.1 Å². The number of amides is 3. The molecule has 16 heteroatoms. The third-order valence-corrected chi connectivity index (χ3v) is 15.1. The molecule has 2 aliphatic carbocycles. The Morgan fingerprint density at radius 1 is 1.02 bits per heavy atom. The van der Waals surface area contributed by atoms with Crippen molar-refractivity contribution in [2.75, 3.05) is 13.2 Å². The van der Waals surface area contributed by atoms with E-state index in [4.69, 9.17) is 14.2 Å². The Kier molecular flexibility index (Phi) is 12.8. The lowest BCUT2D eigenvalue weighted by Crippen LogP contribution is -2.55. The zero-order chi connectivity index (χ0) is 40.3. The summed E-state index contributed by atoms with van der Waals surface area (Å²) in [6.45, 7) is 2.15. The molecule has 308 valence electrons. The number of nitrogens with zero attached hydrogens (tertiary/aromatic N) is 2. The van der Waals surface area contributed by atoms with Gasteiger partial charge in [-0.15, -0.1) is 0 Å². The molecule has 7 rings (SSSR count). The number of alkyl carbamates (subject to hydrolysis) is 1. The number of ether oxygens (including phenoxy) is 3. The average Bonchev–Trinajstić information content (AvgIpc) is 3.43. The molecule has 2 aromatic carbocycles. The minimum absolute atomic E-state index is 0.0109. The van der Waals surface area contributed by atoms with Crippen molar-refractivity contribution in [1.82, 2.24) is 20.5 Å². The van der Waals surface area contributed by atoms with Crippen molar-refractivity contribution in [3.63, 3.8) is 0 Å². The topological polar surface area (TPSA) is 156 Å². The number of aromatic nitrogens is 1. The largest absolute Gasteiger partial charge is 0.488 e. The summed E-state index contributed by atoms with van der Waals surface area (Å²) in [5.74, 6) is -2.73. The maximum absolute atomic E-state index is 14.8. The zero-order valence-corrected chi connectivity index (χ0v) is 34.5. The van der Waals surface area contributed by atoms with E-state index < -0.39 is 78.0 Å². The Morgan fingerprint density at radius 3 is 2.44 bits per heavy atom. The van der Waals surface area contributed by atoms with E-state index >= 15 is 0 Å². The summed E-state index contributed by atoms with van der Waals surface area (Å²) >= 11 is 3.56. The van der Waals surface area contributed by atoms with Gasteiger partial charge in [0, 0.05) is 27.9 Å². The summed E-state index contributed by atoms with van der Waals surface area (Å²) < 4.78 is 62.8. The number of para-hydroxylation sites is 1.